The van der Waals surface area contributed by atoms with Crippen LogP contribution in [0.15, 0.2) is 53.7 Å². The van der Waals surface area contributed by atoms with Crippen LogP contribution in [-0.4, -0.2) is 20.1 Å². The molecule has 3 aromatic heterocycles. The van der Waals surface area contributed by atoms with Gasteiger partial charge in [-0.3, -0.25) is 4.98 Å². The lowest BCUT2D eigenvalue weighted by Crippen LogP contribution is -1.86. The van der Waals surface area contributed by atoms with Gasteiger partial charge in [0.05, 0.1) is 5.02 Å². The molecule has 7 heteroatoms. The number of pyridine rings is 1. The Bertz CT molecular complexity index is 1000. The standard InChI is InChI=1S/C16H8ClFN4O/c17-13-5-10(18)1-2-12(13)14-15-16(23-22-14)11(3-4-21-15)9-6-19-8-20-7-9/h1-8H. The number of aromatic nitrogens is 4. The van der Waals surface area contributed by atoms with E-state index in [1.165, 1.54) is 18.5 Å². The second-order valence-corrected chi connectivity index (χ2v) is 5.23. The van der Waals surface area contributed by atoms with Crippen LogP contribution in [0.3, 0.4) is 0 Å². The number of rotatable bonds is 2. The minimum absolute atomic E-state index is 0.246. The number of halogens is 2. The summed E-state index contributed by atoms with van der Waals surface area (Å²) in [6.45, 7) is 0. The Morgan fingerprint density at radius 1 is 1.04 bits per heavy atom. The zero-order chi connectivity index (χ0) is 15.8. The molecule has 5 nitrogen and oxygen atoms in total. The molecule has 23 heavy (non-hydrogen) atoms. The number of hydrogen-bond acceptors (Lipinski definition) is 5. The van der Waals surface area contributed by atoms with E-state index >= 15 is 0 Å². The van der Waals surface area contributed by atoms with E-state index in [1.54, 1.807) is 30.7 Å². The summed E-state index contributed by atoms with van der Waals surface area (Å²) in [6.07, 6.45) is 6.44. The van der Waals surface area contributed by atoms with Crippen molar-refractivity contribution in [2.24, 2.45) is 0 Å². The molecule has 0 fully saturated rings. The highest BCUT2D eigenvalue weighted by Crippen LogP contribution is 2.35. The summed E-state index contributed by atoms with van der Waals surface area (Å²) in [5.74, 6) is -0.415. The normalized spacial score (nSPS) is 11.0. The van der Waals surface area contributed by atoms with E-state index in [1.807, 2.05) is 0 Å². The smallest absolute Gasteiger partial charge is 0.193 e. The first-order chi connectivity index (χ1) is 11.2. The molecule has 0 saturated heterocycles. The van der Waals surface area contributed by atoms with Gasteiger partial charge in [0.2, 0.25) is 0 Å². The van der Waals surface area contributed by atoms with Crippen LogP contribution in [0.1, 0.15) is 0 Å². The van der Waals surface area contributed by atoms with Crippen molar-refractivity contribution in [1.82, 2.24) is 20.1 Å². The maximum atomic E-state index is 13.2. The lowest BCUT2D eigenvalue weighted by atomic mass is 10.1. The van der Waals surface area contributed by atoms with Crippen molar-refractivity contribution >= 4 is 22.7 Å². The third kappa shape index (κ3) is 2.33. The lowest BCUT2D eigenvalue weighted by Gasteiger charge is -2.01. The highest BCUT2D eigenvalue weighted by atomic mass is 35.5. The number of hydrogen-bond donors (Lipinski definition) is 0. The van der Waals surface area contributed by atoms with Crippen molar-refractivity contribution in [1.29, 1.82) is 0 Å². The van der Waals surface area contributed by atoms with Crippen molar-refractivity contribution in [3.05, 3.63) is 60.0 Å². The van der Waals surface area contributed by atoms with Crippen molar-refractivity contribution in [3.8, 4) is 22.4 Å². The van der Waals surface area contributed by atoms with E-state index in [0.717, 1.165) is 11.1 Å². The van der Waals surface area contributed by atoms with Crippen molar-refractivity contribution in [2.45, 2.75) is 0 Å². The molecule has 0 radical (unpaired) electrons. The van der Waals surface area contributed by atoms with E-state index in [9.17, 15) is 4.39 Å². The van der Waals surface area contributed by atoms with Crippen LogP contribution in [0.25, 0.3) is 33.5 Å². The van der Waals surface area contributed by atoms with E-state index in [0.29, 0.717) is 22.4 Å². The van der Waals surface area contributed by atoms with Gasteiger partial charge in [0.1, 0.15) is 23.4 Å². The monoisotopic (exact) mass is 326 g/mol. The maximum absolute atomic E-state index is 13.2. The second-order valence-electron chi connectivity index (χ2n) is 4.82. The number of benzene rings is 1. The summed E-state index contributed by atoms with van der Waals surface area (Å²) in [5, 5.41) is 4.30. The molecule has 4 rings (SSSR count). The molecule has 112 valence electrons. The molecule has 0 saturated carbocycles. The van der Waals surface area contributed by atoms with Gasteiger partial charge in [-0.1, -0.05) is 16.8 Å². The maximum Gasteiger partial charge on any atom is 0.193 e. The Balaban J connectivity index is 1.95. The predicted molar refractivity (Wildman–Crippen MR) is 83.2 cm³/mol. The average Bonchev–Trinajstić information content (AvgIpc) is 2.99. The Labute approximate surface area is 134 Å². The summed E-state index contributed by atoms with van der Waals surface area (Å²) >= 11 is 6.11. The molecule has 0 amide bonds. The Hall–Kier alpha value is -2.86. The third-order valence-electron chi connectivity index (χ3n) is 3.41. The Kier molecular flexibility index (Phi) is 3.24. The zero-order valence-corrected chi connectivity index (χ0v) is 12.3. The first kappa shape index (κ1) is 13.8. The molecule has 0 spiro atoms. The summed E-state index contributed by atoms with van der Waals surface area (Å²) in [7, 11) is 0. The average molecular weight is 327 g/mol. The molecule has 1 aromatic carbocycles. The summed E-state index contributed by atoms with van der Waals surface area (Å²) in [4.78, 5) is 12.3. The van der Waals surface area contributed by atoms with Crippen LogP contribution in [0.5, 0.6) is 0 Å². The molecule has 0 aliphatic carbocycles. The highest BCUT2D eigenvalue weighted by molar-refractivity contribution is 6.33. The fourth-order valence-electron chi connectivity index (χ4n) is 2.37. The highest BCUT2D eigenvalue weighted by Gasteiger charge is 2.18. The van der Waals surface area contributed by atoms with Gasteiger partial charge in [-0.2, -0.15) is 0 Å². The molecular weight excluding hydrogens is 319 g/mol. The van der Waals surface area contributed by atoms with E-state index in [4.69, 9.17) is 16.1 Å². The van der Waals surface area contributed by atoms with E-state index in [2.05, 4.69) is 20.1 Å². The zero-order valence-electron chi connectivity index (χ0n) is 11.6. The molecule has 0 atom stereocenters. The van der Waals surface area contributed by atoms with Gasteiger partial charge in [0.15, 0.2) is 5.58 Å². The fourth-order valence-corrected chi connectivity index (χ4v) is 2.62. The molecule has 3 heterocycles. The summed E-state index contributed by atoms with van der Waals surface area (Å²) in [6, 6.07) is 5.89. The van der Waals surface area contributed by atoms with Crippen LogP contribution < -0.4 is 0 Å². The second kappa shape index (κ2) is 5.40. The Morgan fingerprint density at radius 3 is 2.65 bits per heavy atom. The lowest BCUT2D eigenvalue weighted by molar-refractivity contribution is 0.460. The molecular formula is C16H8ClFN4O. The molecule has 0 aliphatic heterocycles. The van der Waals surface area contributed by atoms with Gasteiger partial charge in [0, 0.05) is 35.3 Å². The van der Waals surface area contributed by atoms with Gasteiger partial charge >= 0.3 is 0 Å². The topological polar surface area (TPSA) is 64.7 Å². The molecule has 4 aromatic rings. The van der Waals surface area contributed by atoms with Crippen LogP contribution in [0.4, 0.5) is 4.39 Å². The summed E-state index contributed by atoms with van der Waals surface area (Å²) < 4.78 is 18.7. The molecule has 0 N–H and O–H groups in total. The van der Waals surface area contributed by atoms with Gasteiger partial charge in [-0.25, -0.2) is 14.4 Å². The van der Waals surface area contributed by atoms with Crippen LogP contribution in [-0.2, 0) is 0 Å². The minimum atomic E-state index is -0.415. The van der Waals surface area contributed by atoms with Crippen molar-refractivity contribution in [2.75, 3.05) is 0 Å². The predicted octanol–water partition coefficient (Wildman–Crippen LogP) is 4.14. The van der Waals surface area contributed by atoms with Gasteiger partial charge in [-0.15, -0.1) is 0 Å². The first-order valence-electron chi connectivity index (χ1n) is 6.69. The quantitative estimate of drug-likeness (QED) is 0.554. The minimum Gasteiger partial charge on any atom is -0.353 e. The summed E-state index contributed by atoms with van der Waals surface area (Å²) in [5.41, 5.74) is 3.61. The fraction of sp³-hybridized carbons (Fsp3) is 0. The largest absolute Gasteiger partial charge is 0.353 e. The molecule has 0 bridgehead atoms. The van der Waals surface area contributed by atoms with Crippen LogP contribution in [0.2, 0.25) is 5.02 Å². The molecule has 0 aliphatic rings. The van der Waals surface area contributed by atoms with Crippen LogP contribution >= 0.6 is 11.6 Å². The van der Waals surface area contributed by atoms with Crippen molar-refractivity contribution < 1.29 is 8.91 Å². The van der Waals surface area contributed by atoms with E-state index < -0.39 is 5.82 Å². The Morgan fingerprint density at radius 2 is 1.87 bits per heavy atom. The van der Waals surface area contributed by atoms with Gasteiger partial charge < -0.3 is 4.52 Å². The number of nitrogens with zero attached hydrogens (tertiary/aromatic N) is 4. The number of fused-ring (bicyclic) bond motifs is 1. The van der Waals surface area contributed by atoms with E-state index in [-0.39, 0.29) is 5.02 Å². The SMILES string of the molecule is Fc1ccc(-c2noc3c(-c4cncnc4)ccnc23)c(Cl)c1. The van der Waals surface area contributed by atoms with Crippen LogP contribution in [0, 0.1) is 5.82 Å². The van der Waals surface area contributed by atoms with Crippen molar-refractivity contribution in [3.63, 3.8) is 0 Å². The first-order valence-corrected chi connectivity index (χ1v) is 7.07. The van der Waals surface area contributed by atoms with Gasteiger partial charge in [-0.05, 0) is 24.3 Å². The molecule has 0 unspecified atom stereocenters. The van der Waals surface area contributed by atoms with Gasteiger partial charge in [0.25, 0.3) is 0 Å². The third-order valence-corrected chi connectivity index (χ3v) is 3.73.